The number of carbonyl (C=O) groups is 1. The lowest BCUT2D eigenvalue weighted by Crippen LogP contribution is -2.16. The van der Waals surface area contributed by atoms with E-state index in [4.69, 9.17) is 0 Å². The minimum absolute atomic E-state index is 0.364. The molecule has 4 rings (SSSR count). The largest absolute Gasteiger partial charge is 0.353 e. The first-order valence-electron chi connectivity index (χ1n) is 7.51. The van der Waals surface area contributed by atoms with Crippen LogP contribution in [0.1, 0.15) is 54.4 Å². The van der Waals surface area contributed by atoms with Crippen LogP contribution in [0.15, 0.2) is 12.4 Å². The molecule has 2 saturated carbocycles. The van der Waals surface area contributed by atoms with Gasteiger partial charge in [-0.2, -0.15) is 0 Å². The third-order valence-corrected chi connectivity index (χ3v) is 5.44. The Labute approximate surface area is 108 Å². The average molecular weight is 243 g/mol. The van der Waals surface area contributed by atoms with Crippen LogP contribution in [-0.2, 0) is 13.0 Å². The number of aryl methyl sites for hydroxylation is 1. The Kier molecular flexibility index (Phi) is 2.39. The van der Waals surface area contributed by atoms with Gasteiger partial charge in [-0.15, -0.1) is 0 Å². The molecule has 0 saturated heterocycles. The Morgan fingerprint density at radius 3 is 2.83 bits per heavy atom. The van der Waals surface area contributed by atoms with Crippen LogP contribution >= 0.6 is 0 Å². The third-order valence-electron chi connectivity index (χ3n) is 5.44. The molecule has 1 aromatic rings. The molecule has 96 valence electrons. The van der Waals surface area contributed by atoms with Crippen molar-refractivity contribution in [1.29, 1.82) is 0 Å². The van der Waals surface area contributed by atoms with Crippen LogP contribution in [0.5, 0.6) is 0 Å². The molecule has 18 heavy (non-hydrogen) atoms. The lowest BCUT2D eigenvalue weighted by molar-refractivity contribution is 0.0973. The summed E-state index contributed by atoms with van der Waals surface area (Å²) in [6.45, 7) is 1.15. The summed E-state index contributed by atoms with van der Waals surface area (Å²) in [6.07, 6.45) is 13.1. The van der Waals surface area contributed by atoms with Crippen molar-refractivity contribution >= 4 is 5.78 Å². The summed E-state index contributed by atoms with van der Waals surface area (Å²) in [5, 5.41) is 0. The zero-order valence-corrected chi connectivity index (χ0v) is 10.9. The number of ketones is 1. The van der Waals surface area contributed by atoms with Gasteiger partial charge in [-0.3, -0.25) is 4.79 Å². The van der Waals surface area contributed by atoms with Gasteiger partial charge in [-0.05, 0) is 55.4 Å². The zero-order chi connectivity index (χ0) is 12.1. The fraction of sp³-hybridized carbons (Fsp3) is 0.688. The number of Topliss-reactive ketones (excluding diaryl/α,β-unsaturated/α-hetero) is 1. The number of aromatic nitrogens is 1. The quantitative estimate of drug-likeness (QED) is 0.780. The van der Waals surface area contributed by atoms with Gasteiger partial charge in [0.2, 0.25) is 0 Å². The van der Waals surface area contributed by atoms with E-state index in [0.717, 1.165) is 49.1 Å². The normalized spacial score (nSPS) is 34.0. The number of hydrogen-bond acceptors (Lipinski definition) is 1. The number of rotatable bonds is 2. The van der Waals surface area contributed by atoms with Crippen molar-refractivity contribution in [2.24, 2.45) is 17.8 Å². The molecule has 1 aromatic heterocycles. The van der Waals surface area contributed by atoms with E-state index >= 15 is 0 Å². The summed E-state index contributed by atoms with van der Waals surface area (Å²) in [5.41, 5.74) is 2.32. The van der Waals surface area contributed by atoms with Crippen molar-refractivity contribution in [1.82, 2.24) is 4.57 Å². The molecule has 0 radical (unpaired) electrons. The highest BCUT2D eigenvalue weighted by Crippen LogP contribution is 2.48. The number of hydrogen-bond donors (Lipinski definition) is 0. The van der Waals surface area contributed by atoms with E-state index in [-0.39, 0.29) is 0 Å². The van der Waals surface area contributed by atoms with E-state index in [1.165, 1.54) is 31.2 Å². The van der Waals surface area contributed by atoms with Crippen LogP contribution in [0.25, 0.3) is 0 Å². The summed E-state index contributed by atoms with van der Waals surface area (Å²) in [5.74, 6) is 3.24. The van der Waals surface area contributed by atoms with Gasteiger partial charge in [0.25, 0.3) is 0 Å². The topological polar surface area (TPSA) is 22.0 Å². The standard InChI is InChI=1S/C16H21NO/c18-16-3-1-2-13-8-17(10-15(13)16)9-14-7-11-4-5-12(14)6-11/h8,10-12,14H,1-7,9H2. The number of nitrogens with zero attached hydrogens (tertiary/aromatic N) is 1. The van der Waals surface area contributed by atoms with Crippen LogP contribution in [0.4, 0.5) is 0 Å². The smallest absolute Gasteiger partial charge is 0.164 e. The van der Waals surface area contributed by atoms with Gasteiger partial charge >= 0.3 is 0 Å². The first-order valence-corrected chi connectivity index (χ1v) is 7.51. The fourth-order valence-corrected chi connectivity index (χ4v) is 4.56. The average Bonchev–Trinajstić information content (AvgIpc) is 3.03. The third kappa shape index (κ3) is 1.65. The predicted octanol–water partition coefficient (Wildman–Crippen LogP) is 3.44. The summed E-state index contributed by atoms with van der Waals surface area (Å²) >= 11 is 0. The predicted molar refractivity (Wildman–Crippen MR) is 70.6 cm³/mol. The van der Waals surface area contributed by atoms with Crippen molar-refractivity contribution in [3.63, 3.8) is 0 Å². The zero-order valence-electron chi connectivity index (χ0n) is 10.9. The molecule has 3 aliphatic rings. The van der Waals surface area contributed by atoms with Crippen molar-refractivity contribution in [3.8, 4) is 0 Å². The summed E-state index contributed by atoms with van der Waals surface area (Å²) < 4.78 is 2.32. The van der Waals surface area contributed by atoms with Crippen molar-refractivity contribution in [2.45, 2.75) is 51.5 Å². The SMILES string of the molecule is O=C1CCCc2cn(CC3CC4CCC3C4)cc21. The summed E-state index contributed by atoms with van der Waals surface area (Å²) in [6, 6.07) is 0. The van der Waals surface area contributed by atoms with Crippen LogP contribution in [0, 0.1) is 17.8 Å². The molecule has 2 fully saturated rings. The Hall–Kier alpha value is -1.05. The second-order valence-electron chi connectivity index (χ2n) is 6.61. The van der Waals surface area contributed by atoms with E-state index in [1.807, 2.05) is 0 Å². The van der Waals surface area contributed by atoms with E-state index in [1.54, 1.807) is 0 Å². The first-order chi connectivity index (χ1) is 8.79. The number of fused-ring (bicyclic) bond motifs is 3. The maximum Gasteiger partial charge on any atom is 0.164 e. The molecule has 3 atom stereocenters. The van der Waals surface area contributed by atoms with Crippen molar-refractivity contribution in [2.75, 3.05) is 0 Å². The van der Waals surface area contributed by atoms with Crippen molar-refractivity contribution < 1.29 is 4.79 Å². The van der Waals surface area contributed by atoms with E-state index in [2.05, 4.69) is 17.0 Å². The summed E-state index contributed by atoms with van der Waals surface area (Å²) in [4.78, 5) is 11.9. The molecule has 2 heteroatoms. The molecule has 2 nitrogen and oxygen atoms in total. The molecular weight excluding hydrogens is 222 g/mol. The van der Waals surface area contributed by atoms with E-state index < -0.39 is 0 Å². The Morgan fingerprint density at radius 1 is 1.17 bits per heavy atom. The Bertz CT molecular complexity index is 487. The summed E-state index contributed by atoms with van der Waals surface area (Å²) in [7, 11) is 0. The fourth-order valence-electron chi connectivity index (χ4n) is 4.56. The minimum atomic E-state index is 0.364. The maximum absolute atomic E-state index is 11.9. The molecule has 0 spiro atoms. The molecule has 3 unspecified atom stereocenters. The van der Waals surface area contributed by atoms with Crippen LogP contribution in [0.2, 0.25) is 0 Å². The van der Waals surface area contributed by atoms with Crippen LogP contribution in [0.3, 0.4) is 0 Å². The minimum Gasteiger partial charge on any atom is -0.353 e. The molecule has 0 aromatic carbocycles. The van der Waals surface area contributed by atoms with Gasteiger partial charge in [-0.25, -0.2) is 0 Å². The molecule has 3 aliphatic carbocycles. The van der Waals surface area contributed by atoms with Crippen LogP contribution < -0.4 is 0 Å². The second kappa shape index (κ2) is 3.97. The van der Waals surface area contributed by atoms with E-state index in [9.17, 15) is 4.79 Å². The van der Waals surface area contributed by atoms with Gasteiger partial charge < -0.3 is 4.57 Å². The van der Waals surface area contributed by atoms with Gasteiger partial charge in [-0.1, -0.05) is 6.42 Å². The molecular formula is C16H21NO. The van der Waals surface area contributed by atoms with Crippen LogP contribution in [-0.4, -0.2) is 10.4 Å². The highest BCUT2D eigenvalue weighted by molar-refractivity contribution is 5.98. The lowest BCUT2D eigenvalue weighted by Gasteiger charge is -2.21. The van der Waals surface area contributed by atoms with E-state index in [0.29, 0.717) is 5.78 Å². The van der Waals surface area contributed by atoms with Gasteiger partial charge in [0, 0.05) is 30.9 Å². The molecule has 0 N–H and O–H groups in total. The highest BCUT2D eigenvalue weighted by atomic mass is 16.1. The number of carbonyl (C=O) groups excluding carboxylic acids is 1. The highest BCUT2D eigenvalue weighted by Gasteiger charge is 2.39. The van der Waals surface area contributed by atoms with Gasteiger partial charge in [0.05, 0.1) is 0 Å². The monoisotopic (exact) mass is 243 g/mol. The second-order valence-corrected chi connectivity index (χ2v) is 6.61. The molecule has 0 amide bonds. The lowest BCUT2D eigenvalue weighted by atomic mass is 9.89. The molecule has 1 heterocycles. The molecule has 0 aliphatic heterocycles. The maximum atomic E-state index is 11.9. The Balaban J connectivity index is 1.54. The van der Waals surface area contributed by atoms with Crippen molar-refractivity contribution in [3.05, 3.63) is 23.5 Å². The van der Waals surface area contributed by atoms with Gasteiger partial charge in [0.1, 0.15) is 0 Å². The first kappa shape index (κ1) is 10.8. The molecule has 2 bridgehead atoms. The Morgan fingerprint density at radius 2 is 2.11 bits per heavy atom. The van der Waals surface area contributed by atoms with Gasteiger partial charge in [0.15, 0.2) is 5.78 Å².